The van der Waals surface area contributed by atoms with Crippen molar-refractivity contribution in [1.82, 2.24) is 4.90 Å². The van der Waals surface area contributed by atoms with Gasteiger partial charge < -0.3 is 4.90 Å². The minimum Gasteiger partial charge on any atom is -0.342 e. The summed E-state index contributed by atoms with van der Waals surface area (Å²) in [5.74, 6) is 0.431. The van der Waals surface area contributed by atoms with Crippen LogP contribution in [0.15, 0.2) is 24.3 Å². The van der Waals surface area contributed by atoms with Crippen LogP contribution in [0.1, 0.15) is 30.9 Å². The monoisotopic (exact) mass is 231 g/mol. The summed E-state index contributed by atoms with van der Waals surface area (Å²) in [6.07, 6.45) is 3.20. The molecule has 92 valence electrons. The Morgan fingerprint density at radius 3 is 2.59 bits per heavy atom. The molecule has 0 saturated carbocycles. The van der Waals surface area contributed by atoms with Gasteiger partial charge in [0.2, 0.25) is 5.91 Å². The molecule has 1 atom stereocenters. The Morgan fingerprint density at radius 2 is 1.94 bits per heavy atom. The fourth-order valence-electron chi connectivity index (χ4n) is 2.51. The summed E-state index contributed by atoms with van der Waals surface area (Å²) in [5.41, 5.74) is 2.58. The molecule has 1 aliphatic heterocycles. The Hall–Kier alpha value is -1.31. The zero-order valence-electron chi connectivity index (χ0n) is 10.8. The van der Waals surface area contributed by atoms with E-state index in [1.807, 2.05) is 17.9 Å². The standard InChI is InChI=1S/C15H21NO/c1-12-7-3-4-8-14(12)11-13(2)15(17)16-9-5-6-10-16/h3-4,7-8,13H,5-6,9-11H2,1-2H3. The van der Waals surface area contributed by atoms with E-state index in [9.17, 15) is 4.79 Å². The summed E-state index contributed by atoms with van der Waals surface area (Å²) in [4.78, 5) is 14.2. The van der Waals surface area contributed by atoms with Gasteiger partial charge in [0, 0.05) is 19.0 Å². The van der Waals surface area contributed by atoms with Crippen molar-refractivity contribution in [2.45, 2.75) is 33.1 Å². The fourth-order valence-corrected chi connectivity index (χ4v) is 2.51. The Balaban J connectivity index is 1.99. The normalized spacial score (nSPS) is 17.2. The highest BCUT2D eigenvalue weighted by atomic mass is 16.2. The maximum atomic E-state index is 12.2. The third-order valence-corrected chi connectivity index (χ3v) is 3.63. The molecule has 1 amide bonds. The number of amides is 1. The van der Waals surface area contributed by atoms with Gasteiger partial charge in [-0.15, -0.1) is 0 Å². The number of likely N-dealkylation sites (tertiary alicyclic amines) is 1. The van der Waals surface area contributed by atoms with Crippen LogP contribution in [-0.4, -0.2) is 23.9 Å². The molecule has 2 heteroatoms. The Bertz CT molecular complexity index is 394. The second kappa shape index (κ2) is 5.35. The molecule has 1 aromatic carbocycles. The largest absolute Gasteiger partial charge is 0.342 e. The number of rotatable bonds is 3. The summed E-state index contributed by atoms with van der Waals surface area (Å²) in [6.45, 7) is 6.07. The second-order valence-electron chi connectivity index (χ2n) is 5.06. The third-order valence-electron chi connectivity index (χ3n) is 3.63. The van der Waals surface area contributed by atoms with Crippen molar-refractivity contribution in [1.29, 1.82) is 0 Å². The Morgan fingerprint density at radius 1 is 1.29 bits per heavy atom. The summed E-state index contributed by atoms with van der Waals surface area (Å²) in [7, 11) is 0. The Labute approximate surface area is 104 Å². The van der Waals surface area contributed by atoms with Gasteiger partial charge in [-0.05, 0) is 37.3 Å². The van der Waals surface area contributed by atoms with E-state index >= 15 is 0 Å². The van der Waals surface area contributed by atoms with Gasteiger partial charge >= 0.3 is 0 Å². The maximum absolute atomic E-state index is 12.2. The topological polar surface area (TPSA) is 20.3 Å². The molecule has 0 aliphatic carbocycles. The van der Waals surface area contributed by atoms with Gasteiger partial charge in [-0.3, -0.25) is 4.79 Å². The van der Waals surface area contributed by atoms with Crippen molar-refractivity contribution in [3.63, 3.8) is 0 Å². The van der Waals surface area contributed by atoms with E-state index in [0.717, 1.165) is 19.5 Å². The van der Waals surface area contributed by atoms with E-state index in [-0.39, 0.29) is 5.92 Å². The first kappa shape index (κ1) is 12.2. The number of aryl methyl sites for hydroxylation is 1. The molecule has 1 unspecified atom stereocenters. The zero-order valence-corrected chi connectivity index (χ0v) is 10.8. The molecule has 17 heavy (non-hydrogen) atoms. The first-order valence-electron chi connectivity index (χ1n) is 6.52. The molecular formula is C15H21NO. The van der Waals surface area contributed by atoms with Gasteiger partial charge in [0.05, 0.1) is 0 Å². The van der Waals surface area contributed by atoms with E-state index in [1.54, 1.807) is 0 Å². The van der Waals surface area contributed by atoms with Gasteiger partial charge in [0.15, 0.2) is 0 Å². The van der Waals surface area contributed by atoms with Gasteiger partial charge in [-0.2, -0.15) is 0 Å². The van der Waals surface area contributed by atoms with Crippen molar-refractivity contribution in [2.75, 3.05) is 13.1 Å². The lowest BCUT2D eigenvalue weighted by Gasteiger charge is -2.20. The number of hydrogen-bond donors (Lipinski definition) is 0. The van der Waals surface area contributed by atoms with Crippen LogP contribution in [-0.2, 0) is 11.2 Å². The summed E-state index contributed by atoms with van der Waals surface area (Å²) in [6, 6.07) is 8.34. The van der Waals surface area contributed by atoms with Gasteiger partial charge in [0.1, 0.15) is 0 Å². The summed E-state index contributed by atoms with van der Waals surface area (Å²) >= 11 is 0. The highest BCUT2D eigenvalue weighted by Gasteiger charge is 2.23. The number of carbonyl (C=O) groups is 1. The third kappa shape index (κ3) is 2.87. The molecule has 0 spiro atoms. The van der Waals surface area contributed by atoms with Crippen molar-refractivity contribution in [3.05, 3.63) is 35.4 Å². The zero-order chi connectivity index (χ0) is 12.3. The molecule has 1 heterocycles. The molecule has 1 fully saturated rings. The molecular weight excluding hydrogens is 210 g/mol. The smallest absolute Gasteiger partial charge is 0.225 e. The molecule has 1 aromatic rings. The van der Waals surface area contributed by atoms with Crippen molar-refractivity contribution < 1.29 is 4.79 Å². The van der Waals surface area contributed by atoms with Crippen LogP contribution in [0.4, 0.5) is 0 Å². The quantitative estimate of drug-likeness (QED) is 0.783. The molecule has 0 aromatic heterocycles. The Kier molecular flexibility index (Phi) is 3.82. The lowest BCUT2D eigenvalue weighted by Crippen LogP contribution is -2.33. The van der Waals surface area contributed by atoms with Crippen molar-refractivity contribution >= 4 is 5.91 Å². The van der Waals surface area contributed by atoms with Crippen LogP contribution in [0, 0.1) is 12.8 Å². The van der Waals surface area contributed by atoms with Gasteiger partial charge in [0.25, 0.3) is 0 Å². The average molecular weight is 231 g/mol. The fraction of sp³-hybridized carbons (Fsp3) is 0.533. The molecule has 2 rings (SSSR count). The maximum Gasteiger partial charge on any atom is 0.225 e. The van der Waals surface area contributed by atoms with E-state index < -0.39 is 0 Å². The lowest BCUT2D eigenvalue weighted by molar-refractivity contribution is -0.133. The average Bonchev–Trinajstić information content (AvgIpc) is 2.84. The lowest BCUT2D eigenvalue weighted by atomic mass is 9.96. The predicted octanol–water partition coefficient (Wildman–Crippen LogP) is 2.80. The first-order valence-corrected chi connectivity index (χ1v) is 6.52. The van der Waals surface area contributed by atoms with E-state index in [0.29, 0.717) is 5.91 Å². The van der Waals surface area contributed by atoms with Crippen LogP contribution in [0.3, 0.4) is 0 Å². The molecule has 0 radical (unpaired) electrons. The minimum absolute atomic E-state index is 0.106. The highest BCUT2D eigenvalue weighted by molar-refractivity contribution is 5.79. The summed E-state index contributed by atoms with van der Waals surface area (Å²) < 4.78 is 0. The minimum atomic E-state index is 0.106. The van der Waals surface area contributed by atoms with E-state index in [1.165, 1.54) is 24.0 Å². The van der Waals surface area contributed by atoms with Crippen LogP contribution < -0.4 is 0 Å². The van der Waals surface area contributed by atoms with Gasteiger partial charge in [-0.1, -0.05) is 31.2 Å². The van der Waals surface area contributed by atoms with Crippen molar-refractivity contribution in [3.8, 4) is 0 Å². The number of nitrogens with zero attached hydrogens (tertiary/aromatic N) is 1. The molecule has 1 aliphatic rings. The summed E-state index contributed by atoms with van der Waals surface area (Å²) in [5, 5.41) is 0. The second-order valence-corrected chi connectivity index (χ2v) is 5.06. The van der Waals surface area contributed by atoms with Crippen LogP contribution in [0.2, 0.25) is 0 Å². The molecule has 1 saturated heterocycles. The molecule has 2 nitrogen and oxygen atoms in total. The van der Waals surface area contributed by atoms with Gasteiger partial charge in [-0.25, -0.2) is 0 Å². The number of carbonyl (C=O) groups excluding carboxylic acids is 1. The SMILES string of the molecule is Cc1ccccc1CC(C)C(=O)N1CCCC1. The number of hydrogen-bond acceptors (Lipinski definition) is 1. The molecule has 0 bridgehead atoms. The predicted molar refractivity (Wildman–Crippen MR) is 69.9 cm³/mol. The van der Waals surface area contributed by atoms with E-state index in [2.05, 4.69) is 25.1 Å². The van der Waals surface area contributed by atoms with E-state index in [4.69, 9.17) is 0 Å². The molecule has 0 N–H and O–H groups in total. The van der Waals surface area contributed by atoms with Crippen LogP contribution >= 0.6 is 0 Å². The van der Waals surface area contributed by atoms with Crippen molar-refractivity contribution in [2.24, 2.45) is 5.92 Å². The number of benzene rings is 1. The highest BCUT2D eigenvalue weighted by Crippen LogP contribution is 2.17. The first-order chi connectivity index (χ1) is 8.18. The van der Waals surface area contributed by atoms with Crippen LogP contribution in [0.25, 0.3) is 0 Å². The van der Waals surface area contributed by atoms with Crippen LogP contribution in [0.5, 0.6) is 0 Å².